The van der Waals surface area contributed by atoms with Crippen molar-refractivity contribution in [1.82, 2.24) is 0 Å². The predicted molar refractivity (Wildman–Crippen MR) is 165 cm³/mol. The maximum absolute atomic E-state index is 7.48. The summed E-state index contributed by atoms with van der Waals surface area (Å²) >= 11 is 0. The Balaban J connectivity index is 2.00. The average molecular weight is 559 g/mol. The quantitative estimate of drug-likeness (QED) is 0.280. The Labute approximate surface area is 235 Å². The standard InChI is InChI=1S/C32H38O5Si2/c1-21-9-13-29(25(17-21)33-5)38(30-14-10-22(2)18-26(30)34-6)37-39(31-15-11-23(3)19-27(31)35-7)32-16-12-24(4)20-28(32)36-8/h9-20,38-39H,1-8H3. The first-order valence-corrected chi connectivity index (χ1v) is 16.3. The lowest BCUT2D eigenvalue weighted by molar-refractivity contribution is 0.413. The molecule has 0 fully saturated rings. The van der Waals surface area contributed by atoms with Gasteiger partial charge in [-0.05, 0) is 74.2 Å². The van der Waals surface area contributed by atoms with Crippen molar-refractivity contribution in [2.24, 2.45) is 0 Å². The summed E-state index contributed by atoms with van der Waals surface area (Å²) in [5.41, 5.74) is 4.53. The third kappa shape index (κ3) is 6.22. The van der Waals surface area contributed by atoms with Gasteiger partial charge in [0.25, 0.3) is 0 Å². The minimum atomic E-state index is -2.39. The largest absolute Gasteiger partial charge is 0.497 e. The molecule has 0 N–H and O–H groups in total. The highest BCUT2D eigenvalue weighted by molar-refractivity contribution is 6.93. The Morgan fingerprint density at radius 2 is 0.615 bits per heavy atom. The summed E-state index contributed by atoms with van der Waals surface area (Å²) in [6, 6.07) is 25.4. The van der Waals surface area contributed by atoms with Crippen molar-refractivity contribution < 1.29 is 23.1 Å². The second-order valence-electron chi connectivity index (χ2n) is 9.88. The molecule has 0 saturated heterocycles. The molecule has 0 unspecified atom stereocenters. The van der Waals surface area contributed by atoms with E-state index in [-0.39, 0.29) is 0 Å². The summed E-state index contributed by atoms with van der Waals surface area (Å²) in [7, 11) is 2.10. The predicted octanol–water partition coefficient (Wildman–Crippen LogP) is 3.35. The molecule has 7 heteroatoms. The summed E-state index contributed by atoms with van der Waals surface area (Å²) in [5.74, 6) is 3.31. The minimum absolute atomic E-state index is 0.828. The number of benzene rings is 4. The zero-order valence-corrected chi connectivity index (χ0v) is 26.4. The van der Waals surface area contributed by atoms with Gasteiger partial charge in [-0.3, -0.25) is 0 Å². The third-order valence-corrected chi connectivity index (χ3v) is 13.3. The van der Waals surface area contributed by atoms with Crippen LogP contribution in [0.2, 0.25) is 0 Å². The molecule has 0 saturated carbocycles. The van der Waals surface area contributed by atoms with Crippen molar-refractivity contribution in [2.45, 2.75) is 27.7 Å². The average Bonchev–Trinajstić information content (AvgIpc) is 2.94. The van der Waals surface area contributed by atoms with Gasteiger partial charge < -0.3 is 23.1 Å². The van der Waals surface area contributed by atoms with E-state index in [2.05, 4.69) is 100 Å². The van der Waals surface area contributed by atoms with E-state index in [1.54, 1.807) is 28.4 Å². The highest BCUT2D eigenvalue weighted by atomic mass is 28.4. The SMILES string of the molecule is COc1cc(C)ccc1[SiH](O[SiH](c1ccc(C)cc1OC)c1ccc(C)cc1OC)c1ccc(C)cc1OC. The van der Waals surface area contributed by atoms with Crippen LogP contribution in [0.3, 0.4) is 0 Å². The van der Waals surface area contributed by atoms with Crippen LogP contribution < -0.4 is 39.7 Å². The summed E-state index contributed by atoms with van der Waals surface area (Å²) < 4.78 is 31.2. The minimum Gasteiger partial charge on any atom is -0.497 e. The Bertz CT molecular complexity index is 1240. The Morgan fingerprint density at radius 3 is 0.821 bits per heavy atom. The van der Waals surface area contributed by atoms with E-state index in [0.717, 1.165) is 66.0 Å². The molecule has 0 heterocycles. The van der Waals surface area contributed by atoms with Crippen LogP contribution in [0.1, 0.15) is 22.3 Å². The van der Waals surface area contributed by atoms with E-state index in [0.29, 0.717) is 0 Å². The fraction of sp³-hybridized carbons (Fsp3) is 0.250. The smallest absolute Gasteiger partial charge is 0.236 e. The third-order valence-electron chi connectivity index (χ3n) is 6.96. The molecule has 4 aromatic rings. The first-order valence-electron chi connectivity index (χ1n) is 13.0. The van der Waals surface area contributed by atoms with Gasteiger partial charge >= 0.3 is 0 Å². The Hall–Kier alpha value is -3.53. The van der Waals surface area contributed by atoms with Crippen molar-refractivity contribution in [2.75, 3.05) is 28.4 Å². The van der Waals surface area contributed by atoms with Crippen LogP contribution in [0, 0.1) is 27.7 Å². The molecular weight excluding hydrogens is 521 g/mol. The van der Waals surface area contributed by atoms with Crippen LogP contribution in [0.5, 0.6) is 23.0 Å². The zero-order valence-electron chi connectivity index (χ0n) is 24.1. The monoisotopic (exact) mass is 558 g/mol. The van der Waals surface area contributed by atoms with E-state index >= 15 is 0 Å². The van der Waals surface area contributed by atoms with Crippen LogP contribution in [0.15, 0.2) is 72.8 Å². The van der Waals surface area contributed by atoms with E-state index in [1.165, 1.54) is 0 Å². The molecule has 0 amide bonds. The Morgan fingerprint density at radius 1 is 0.385 bits per heavy atom. The molecular formula is C32H38O5Si2. The molecule has 0 aliphatic rings. The molecule has 0 spiro atoms. The number of rotatable bonds is 10. The molecule has 0 aromatic heterocycles. The van der Waals surface area contributed by atoms with E-state index in [9.17, 15) is 0 Å². The topological polar surface area (TPSA) is 46.2 Å². The first-order chi connectivity index (χ1) is 18.8. The summed E-state index contributed by atoms with van der Waals surface area (Å²) in [6.45, 7) is 8.29. The van der Waals surface area contributed by atoms with Crippen molar-refractivity contribution in [1.29, 1.82) is 0 Å². The molecule has 0 atom stereocenters. The first kappa shape index (κ1) is 28.5. The second-order valence-corrected chi connectivity index (χ2v) is 15.0. The van der Waals surface area contributed by atoms with Gasteiger partial charge in [-0.15, -0.1) is 0 Å². The van der Waals surface area contributed by atoms with Crippen molar-refractivity contribution in [3.05, 3.63) is 95.1 Å². The maximum atomic E-state index is 7.48. The van der Waals surface area contributed by atoms with Gasteiger partial charge in [0, 0.05) is 20.7 Å². The molecule has 0 aliphatic carbocycles. The summed E-state index contributed by atoms with van der Waals surface area (Å²) in [5, 5.41) is 4.28. The van der Waals surface area contributed by atoms with Crippen LogP contribution in [0.25, 0.3) is 0 Å². The molecule has 4 aromatic carbocycles. The van der Waals surface area contributed by atoms with Gasteiger partial charge in [0.15, 0.2) is 0 Å². The van der Waals surface area contributed by atoms with Gasteiger partial charge in [-0.2, -0.15) is 0 Å². The van der Waals surface area contributed by atoms with E-state index in [1.807, 2.05) is 0 Å². The molecule has 0 aliphatic heterocycles. The lowest BCUT2D eigenvalue weighted by Gasteiger charge is -2.29. The fourth-order valence-electron chi connectivity index (χ4n) is 4.90. The molecule has 204 valence electrons. The van der Waals surface area contributed by atoms with Crippen LogP contribution in [-0.4, -0.2) is 46.5 Å². The number of ether oxygens (including phenoxy) is 4. The van der Waals surface area contributed by atoms with E-state index < -0.39 is 18.1 Å². The summed E-state index contributed by atoms with van der Waals surface area (Å²) in [4.78, 5) is 0. The molecule has 39 heavy (non-hydrogen) atoms. The van der Waals surface area contributed by atoms with Crippen molar-refractivity contribution in [3.8, 4) is 23.0 Å². The summed E-state index contributed by atoms with van der Waals surface area (Å²) in [6.07, 6.45) is 0. The van der Waals surface area contributed by atoms with Crippen LogP contribution >= 0.6 is 0 Å². The highest BCUT2D eigenvalue weighted by Crippen LogP contribution is 2.20. The van der Waals surface area contributed by atoms with E-state index in [4.69, 9.17) is 23.1 Å². The van der Waals surface area contributed by atoms with Crippen molar-refractivity contribution >= 4 is 38.8 Å². The van der Waals surface area contributed by atoms with Crippen molar-refractivity contribution in [3.63, 3.8) is 0 Å². The number of methoxy groups -OCH3 is 4. The van der Waals surface area contributed by atoms with Crippen LogP contribution in [-0.2, 0) is 4.12 Å². The van der Waals surface area contributed by atoms with Crippen LogP contribution in [0.4, 0.5) is 0 Å². The van der Waals surface area contributed by atoms with Gasteiger partial charge in [-0.25, -0.2) is 0 Å². The normalized spacial score (nSPS) is 11.1. The second kappa shape index (κ2) is 12.6. The number of hydrogen-bond donors (Lipinski definition) is 0. The molecule has 0 radical (unpaired) electrons. The molecule has 5 nitrogen and oxygen atoms in total. The maximum Gasteiger partial charge on any atom is 0.236 e. The molecule has 4 rings (SSSR count). The highest BCUT2D eigenvalue weighted by Gasteiger charge is 2.33. The number of aryl methyl sites for hydroxylation is 4. The number of hydrogen-bond acceptors (Lipinski definition) is 5. The fourth-order valence-corrected chi connectivity index (χ4v) is 11.9. The lowest BCUT2D eigenvalue weighted by Crippen LogP contribution is -2.56. The van der Waals surface area contributed by atoms with Gasteiger partial charge in [0.2, 0.25) is 18.1 Å². The lowest BCUT2D eigenvalue weighted by atomic mass is 10.2. The Kier molecular flexibility index (Phi) is 9.17. The van der Waals surface area contributed by atoms with Gasteiger partial charge in [0.05, 0.1) is 28.4 Å². The van der Waals surface area contributed by atoms with Gasteiger partial charge in [-0.1, -0.05) is 48.5 Å². The molecule has 0 bridgehead atoms. The zero-order chi connectivity index (χ0) is 28.1. The van der Waals surface area contributed by atoms with Gasteiger partial charge in [0.1, 0.15) is 23.0 Å².